The van der Waals surface area contributed by atoms with E-state index in [1.54, 1.807) is 6.26 Å². The normalized spacial score (nSPS) is 18.8. The van der Waals surface area contributed by atoms with Gasteiger partial charge in [0.25, 0.3) is 0 Å². The largest absolute Gasteiger partial charge is 0.464 e. The first-order valence-corrected chi connectivity index (χ1v) is 11.2. The number of rotatable bonds is 6. The van der Waals surface area contributed by atoms with Crippen LogP contribution in [0.2, 0.25) is 0 Å². The van der Waals surface area contributed by atoms with E-state index in [2.05, 4.69) is 43.1 Å². The van der Waals surface area contributed by atoms with Crippen LogP contribution < -0.4 is 5.32 Å². The van der Waals surface area contributed by atoms with Gasteiger partial charge in [0.05, 0.1) is 18.7 Å². The average molecular weight is 412 g/mol. The van der Waals surface area contributed by atoms with Gasteiger partial charge in [0.2, 0.25) is 11.8 Å². The number of fused-ring (bicyclic) bond motifs is 1. The smallest absolute Gasteiger partial charge is 0.237 e. The van der Waals surface area contributed by atoms with Gasteiger partial charge >= 0.3 is 0 Å². The van der Waals surface area contributed by atoms with Gasteiger partial charge in [0.1, 0.15) is 5.58 Å². The van der Waals surface area contributed by atoms with Crippen LogP contribution in [0.3, 0.4) is 0 Å². The Labute approximate surface area is 178 Å². The van der Waals surface area contributed by atoms with E-state index in [4.69, 9.17) is 4.42 Å². The van der Waals surface area contributed by atoms with Crippen LogP contribution in [-0.4, -0.2) is 59.9 Å². The van der Waals surface area contributed by atoms with Gasteiger partial charge < -0.3 is 14.6 Å². The van der Waals surface area contributed by atoms with Crippen molar-refractivity contribution >= 4 is 22.8 Å². The molecule has 1 N–H and O–H groups in total. The van der Waals surface area contributed by atoms with E-state index in [1.165, 1.54) is 11.1 Å². The summed E-state index contributed by atoms with van der Waals surface area (Å²) in [5.41, 5.74) is 4.32. The zero-order valence-electron chi connectivity index (χ0n) is 18.5. The molecule has 0 radical (unpaired) electrons. The highest BCUT2D eigenvalue weighted by molar-refractivity contribution is 5.88. The Morgan fingerprint density at radius 3 is 2.47 bits per heavy atom. The third kappa shape index (κ3) is 4.38. The Bertz CT molecular complexity index is 937. The number of carbonyl (C=O) groups is 2. The molecule has 2 aliphatic rings. The summed E-state index contributed by atoms with van der Waals surface area (Å²) in [5.74, 6) is 0.664. The van der Waals surface area contributed by atoms with Crippen molar-refractivity contribution in [2.75, 3.05) is 26.2 Å². The number of amides is 2. The van der Waals surface area contributed by atoms with Crippen LogP contribution in [0, 0.1) is 6.92 Å². The van der Waals surface area contributed by atoms with Crippen molar-refractivity contribution in [3.05, 3.63) is 35.1 Å². The molecule has 1 atom stereocenters. The number of carbonyl (C=O) groups excluding carboxylic acids is 2. The van der Waals surface area contributed by atoms with Gasteiger partial charge in [-0.05, 0) is 55.9 Å². The summed E-state index contributed by atoms with van der Waals surface area (Å²) < 4.78 is 5.74. The van der Waals surface area contributed by atoms with Crippen LogP contribution in [0.15, 0.2) is 22.8 Å². The Kier molecular flexibility index (Phi) is 5.87. The Morgan fingerprint density at radius 2 is 1.83 bits per heavy atom. The molecule has 1 aliphatic carbocycles. The van der Waals surface area contributed by atoms with Crippen molar-refractivity contribution in [3.63, 3.8) is 0 Å². The van der Waals surface area contributed by atoms with Crippen molar-refractivity contribution in [1.82, 2.24) is 15.1 Å². The maximum Gasteiger partial charge on any atom is 0.237 e. The standard InChI is InChI=1S/C24H33N3O3/c1-15(2)20-13-21-18(14-30-22(21)11-16(20)3)12-23(28)27-9-7-26(8-10-27)17(4)24(29)25-19-5-6-19/h11,13-15,17,19H,5-10,12H2,1-4H3,(H,25,29). The maximum absolute atomic E-state index is 12.9. The third-order valence-corrected chi connectivity index (χ3v) is 6.52. The zero-order chi connectivity index (χ0) is 21.4. The van der Waals surface area contributed by atoms with Crippen LogP contribution in [0.4, 0.5) is 0 Å². The molecule has 0 bridgehead atoms. The minimum atomic E-state index is -0.140. The highest BCUT2D eigenvalue weighted by Gasteiger charge is 2.31. The molecule has 6 nitrogen and oxygen atoms in total. The first kappa shape index (κ1) is 20.9. The summed E-state index contributed by atoms with van der Waals surface area (Å²) in [6.07, 6.45) is 4.28. The number of nitrogens with one attached hydrogen (secondary N) is 1. The molecule has 1 aromatic heterocycles. The summed E-state index contributed by atoms with van der Waals surface area (Å²) >= 11 is 0. The van der Waals surface area contributed by atoms with Crippen LogP contribution in [-0.2, 0) is 16.0 Å². The van der Waals surface area contributed by atoms with E-state index in [0.29, 0.717) is 31.5 Å². The number of aryl methyl sites for hydroxylation is 1. The van der Waals surface area contributed by atoms with Gasteiger partial charge in [-0.25, -0.2) is 0 Å². The lowest BCUT2D eigenvalue weighted by molar-refractivity contribution is -0.133. The lowest BCUT2D eigenvalue weighted by atomic mass is 9.95. The molecule has 1 aromatic carbocycles. The van der Waals surface area contributed by atoms with Gasteiger partial charge in [-0.1, -0.05) is 13.8 Å². The quantitative estimate of drug-likeness (QED) is 0.793. The molecule has 2 aromatic rings. The molecule has 2 fully saturated rings. The van der Waals surface area contributed by atoms with Gasteiger partial charge in [0, 0.05) is 43.2 Å². The number of hydrogen-bond donors (Lipinski definition) is 1. The second-order valence-electron chi connectivity index (χ2n) is 9.17. The lowest BCUT2D eigenvalue weighted by Crippen LogP contribution is -2.55. The average Bonchev–Trinajstić information content (AvgIpc) is 3.46. The fraction of sp³-hybridized carbons (Fsp3) is 0.583. The molecule has 1 unspecified atom stereocenters. The molecule has 2 amide bonds. The Balaban J connectivity index is 1.37. The van der Waals surface area contributed by atoms with Crippen LogP contribution >= 0.6 is 0 Å². The summed E-state index contributed by atoms with van der Waals surface area (Å²) in [6, 6.07) is 4.50. The summed E-state index contributed by atoms with van der Waals surface area (Å²) in [4.78, 5) is 29.3. The van der Waals surface area contributed by atoms with Crippen LogP contribution in [0.5, 0.6) is 0 Å². The van der Waals surface area contributed by atoms with Gasteiger partial charge in [-0.15, -0.1) is 0 Å². The third-order valence-electron chi connectivity index (χ3n) is 6.52. The number of benzene rings is 1. The van der Waals surface area contributed by atoms with Gasteiger partial charge in [-0.2, -0.15) is 0 Å². The SMILES string of the molecule is Cc1cc2occ(CC(=O)N3CCN(C(C)C(=O)NC4CC4)CC3)c2cc1C(C)C. The van der Waals surface area contributed by atoms with E-state index in [0.717, 1.165) is 42.5 Å². The molecule has 1 aliphatic heterocycles. The van der Waals surface area contributed by atoms with E-state index in [-0.39, 0.29) is 17.9 Å². The summed E-state index contributed by atoms with van der Waals surface area (Å²) in [5, 5.41) is 4.12. The number of nitrogens with zero attached hydrogens (tertiary/aromatic N) is 2. The van der Waals surface area contributed by atoms with Crippen molar-refractivity contribution in [2.45, 2.75) is 65.0 Å². The molecule has 1 saturated carbocycles. The molecule has 162 valence electrons. The zero-order valence-corrected chi connectivity index (χ0v) is 18.5. The fourth-order valence-electron chi connectivity index (χ4n) is 4.35. The van der Waals surface area contributed by atoms with Crippen LogP contribution in [0.25, 0.3) is 11.0 Å². The molecule has 6 heteroatoms. The first-order valence-electron chi connectivity index (χ1n) is 11.2. The summed E-state index contributed by atoms with van der Waals surface area (Å²) in [6.45, 7) is 11.2. The maximum atomic E-state index is 12.9. The minimum absolute atomic E-state index is 0.110. The van der Waals surface area contributed by atoms with Gasteiger partial charge in [-0.3, -0.25) is 14.5 Å². The molecule has 0 spiro atoms. The van der Waals surface area contributed by atoms with Crippen molar-refractivity contribution in [3.8, 4) is 0 Å². The molecule has 4 rings (SSSR count). The van der Waals surface area contributed by atoms with E-state index in [9.17, 15) is 9.59 Å². The van der Waals surface area contributed by atoms with E-state index >= 15 is 0 Å². The topological polar surface area (TPSA) is 65.8 Å². The second kappa shape index (κ2) is 8.42. The van der Waals surface area contributed by atoms with Crippen LogP contribution in [0.1, 0.15) is 56.2 Å². The predicted octanol–water partition coefficient (Wildman–Crippen LogP) is 3.22. The molecular formula is C24H33N3O3. The first-order chi connectivity index (χ1) is 14.3. The van der Waals surface area contributed by atoms with Crippen molar-refractivity contribution < 1.29 is 14.0 Å². The summed E-state index contributed by atoms with van der Waals surface area (Å²) in [7, 11) is 0. The van der Waals surface area contributed by atoms with E-state index < -0.39 is 0 Å². The molecule has 1 saturated heterocycles. The number of hydrogen-bond acceptors (Lipinski definition) is 4. The fourth-order valence-corrected chi connectivity index (χ4v) is 4.35. The predicted molar refractivity (Wildman–Crippen MR) is 118 cm³/mol. The lowest BCUT2D eigenvalue weighted by Gasteiger charge is -2.37. The van der Waals surface area contributed by atoms with Crippen molar-refractivity contribution in [2.24, 2.45) is 0 Å². The van der Waals surface area contributed by atoms with Gasteiger partial charge in [0.15, 0.2) is 0 Å². The highest BCUT2D eigenvalue weighted by Crippen LogP contribution is 2.29. The highest BCUT2D eigenvalue weighted by atomic mass is 16.3. The number of furan rings is 1. The number of piperazine rings is 1. The molecule has 30 heavy (non-hydrogen) atoms. The monoisotopic (exact) mass is 411 g/mol. The molecule has 2 heterocycles. The molecular weight excluding hydrogens is 378 g/mol. The Hall–Kier alpha value is -2.34. The van der Waals surface area contributed by atoms with E-state index in [1.807, 2.05) is 11.8 Å². The Morgan fingerprint density at radius 1 is 1.13 bits per heavy atom. The van der Waals surface area contributed by atoms with Crippen molar-refractivity contribution in [1.29, 1.82) is 0 Å². The second-order valence-corrected chi connectivity index (χ2v) is 9.17. The minimum Gasteiger partial charge on any atom is -0.464 e.